The Morgan fingerprint density at radius 1 is 0.533 bits per heavy atom. The van der Waals surface area contributed by atoms with E-state index in [1.807, 2.05) is 0 Å². The molecule has 5 atom stereocenters. The van der Waals surface area contributed by atoms with Crippen molar-refractivity contribution in [2.75, 3.05) is 39.6 Å². The van der Waals surface area contributed by atoms with Crippen molar-refractivity contribution in [2.45, 2.75) is 112 Å². The maximum Gasteiger partial charge on any atom is 0.385 e. The van der Waals surface area contributed by atoms with E-state index in [1.165, 1.54) is 18.2 Å². The van der Waals surface area contributed by atoms with Crippen molar-refractivity contribution in [2.24, 2.45) is 0 Å². The molecule has 0 aromatic heterocycles. The summed E-state index contributed by atoms with van der Waals surface area (Å²) < 4.78 is 274. The molecule has 4 aromatic carbocycles. The van der Waals surface area contributed by atoms with Gasteiger partial charge in [-0.15, -0.1) is 0 Å². The molecule has 4 aromatic rings. The fourth-order valence-corrected chi connectivity index (χ4v) is 7.65. The summed E-state index contributed by atoms with van der Waals surface area (Å²) in [6.45, 7) is -8.12. The van der Waals surface area contributed by atoms with Crippen LogP contribution in [0.1, 0.15) is 33.3 Å². The lowest BCUT2D eigenvalue weighted by Gasteiger charge is -2.44. The Morgan fingerprint density at radius 3 is 1.51 bits per heavy atom. The van der Waals surface area contributed by atoms with E-state index in [-0.39, 0.29) is 10.9 Å². The molecule has 0 bridgehead atoms. The smallest absolute Gasteiger partial charge is 0.385 e. The Hall–Kier alpha value is -6.01. The van der Waals surface area contributed by atoms with E-state index in [1.54, 1.807) is 41.7 Å². The number of amides is 1. The molecule has 416 valence electrons. The molecule has 1 amide bonds. The van der Waals surface area contributed by atoms with Gasteiger partial charge in [0.1, 0.15) is 32.5 Å². The van der Waals surface area contributed by atoms with Crippen LogP contribution >= 0.6 is 0 Å². The van der Waals surface area contributed by atoms with Gasteiger partial charge in [0.25, 0.3) is 0 Å². The monoisotopic (exact) mass is 1110 g/mol. The van der Waals surface area contributed by atoms with Gasteiger partial charge >= 0.3 is 71.3 Å². The van der Waals surface area contributed by atoms with Crippen molar-refractivity contribution in [3.05, 3.63) is 60.2 Å². The molecular weight excluding hydrogens is 1070 g/mol. The number of hydrogen-bond donors (Lipinski definition) is 1. The van der Waals surface area contributed by atoms with E-state index in [0.717, 1.165) is 27.7 Å². The summed E-state index contributed by atoms with van der Waals surface area (Å²) in [4.78, 5) is 59.4. The van der Waals surface area contributed by atoms with Gasteiger partial charge in [-0.1, -0.05) is 54.6 Å². The highest BCUT2D eigenvalue weighted by Crippen LogP contribution is 2.64. The second-order valence-electron chi connectivity index (χ2n) is 16.7. The number of alkyl halides is 16. The Labute approximate surface area is 411 Å². The fraction of sp³-hybridized carbons (Fsp3) is 0.533. The Morgan fingerprint density at radius 2 is 0.987 bits per heavy atom. The van der Waals surface area contributed by atoms with Crippen LogP contribution in [-0.2, 0) is 68.5 Å². The molecule has 1 aliphatic rings. The summed E-state index contributed by atoms with van der Waals surface area (Å²) in [5.41, 5.74) is -0.0894. The number of carbonyl (C=O) groups is 5. The Kier molecular flexibility index (Phi) is 17.5. The van der Waals surface area contributed by atoms with Crippen LogP contribution in [0.3, 0.4) is 0 Å². The molecule has 1 fully saturated rings. The molecule has 0 radical (unpaired) electrons. The second kappa shape index (κ2) is 21.9. The van der Waals surface area contributed by atoms with Crippen molar-refractivity contribution < 1.29 is 132 Å². The predicted octanol–water partition coefficient (Wildman–Crippen LogP) is 8.42. The molecule has 0 saturated carbocycles. The van der Waals surface area contributed by atoms with Gasteiger partial charge < -0.3 is 43.2 Å². The van der Waals surface area contributed by atoms with Crippen LogP contribution < -0.4 is 5.32 Å². The number of hydrogen-bond acceptors (Lipinski definition) is 13. The van der Waals surface area contributed by atoms with Gasteiger partial charge in [0.15, 0.2) is 24.6 Å². The maximum atomic E-state index is 14.8. The topological polar surface area (TPSA) is 171 Å². The van der Waals surface area contributed by atoms with Gasteiger partial charge in [0.2, 0.25) is 5.91 Å². The predicted molar refractivity (Wildman–Crippen MR) is 221 cm³/mol. The van der Waals surface area contributed by atoms with E-state index in [0.29, 0.717) is 26.9 Å². The van der Waals surface area contributed by atoms with E-state index >= 15 is 0 Å². The summed E-state index contributed by atoms with van der Waals surface area (Å²) in [7, 11) is 0. The Bertz CT molecular complexity index is 2710. The molecule has 1 N–H and O–H groups in total. The standard InChI is InChI=1S/C45H41F16NO13/c1-21(63)71-17-30-34(72-22(2)64)35(73-23(3)65)36(74-24(4)66)37(75-30)70-15-14-62-31(67)18-69-20-39(48,49)41(52,53)43(56,57)45(60,61)44(58,59)42(54,55)40(50,51)38(46,47)19-68-16-28-11-10-27-9-8-25-6-5-7-26-12-13-29(28)33(27)32(25)26/h5-13,30,34-37H,14-20H2,1-4H3,(H,62,67)/t30-,34-,35+,36+,37+/m1/s1. The van der Waals surface area contributed by atoms with Crippen molar-refractivity contribution >= 4 is 62.1 Å². The first-order valence-electron chi connectivity index (χ1n) is 21.5. The molecule has 14 nitrogen and oxygen atoms in total. The second-order valence-corrected chi connectivity index (χ2v) is 16.7. The largest absolute Gasteiger partial charge is 0.463 e. The number of benzene rings is 4. The molecule has 1 aliphatic heterocycles. The third-order valence-corrected chi connectivity index (χ3v) is 11.2. The van der Waals surface area contributed by atoms with Crippen molar-refractivity contribution in [1.29, 1.82) is 0 Å². The van der Waals surface area contributed by atoms with Crippen LogP contribution in [0.25, 0.3) is 32.3 Å². The minimum atomic E-state index is -8.72. The summed E-state index contributed by atoms with van der Waals surface area (Å²) in [5, 5.41) is 5.04. The third-order valence-electron chi connectivity index (χ3n) is 11.2. The van der Waals surface area contributed by atoms with Crippen LogP contribution in [0.5, 0.6) is 0 Å². The van der Waals surface area contributed by atoms with Gasteiger partial charge in [0.05, 0.1) is 13.2 Å². The number of ether oxygens (including phenoxy) is 8. The fourth-order valence-electron chi connectivity index (χ4n) is 7.65. The maximum absolute atomic E-state index is 14.8. The van der Waals surface area contributed by atoms with E-state index in [2.05, 4.69) is 9.47 Å². The molecule has 0 unspecified atom stereocenters. The molecule has 75 heavy (non-hydrogen) atoms. The number of halogens is 16. The highest BCUT2D eigenvalue weighted by atomic mass is 19.4. The number of nitrogens with one attached hydrogen (secondary N) is 1. The number of carbonyl (C=O) groups excluding carboxylic acids is 5. The third kappa shape index (κ3) is 11.6. The van der Waals surface area contributed by atoms with Crippen molar-refractivity contribution in [3.8, 4) is 0 Å². The van der Waals surface area contributed by atoms with E-state index in [9.17, 15) is 94.2 Å². The lowest BCUT2D eigenvalue weighted by molar-refractivity contribution is -0.455. The summed E-state index contributed by atoms with van der Waals surface area (Å²) in [6.07, 6.45) is -8.57. The highest BCUT2D eigenvalue weighted by Gasteiger charge is 2.94. The summed E-state index contributed by atoms with van der Waals surface area (Å²) >= 11 is 0. The number of rotatable bonds is 24. The minimum Gasteiger partial charge on any atom is -0.463 e. The van der Waals surface area contributed by atoms with E-state index in [4.69, 9.17) is 28.4 Å². The minimum absolute atomic E-state index is 0.0894. The van der Waals surface area contributed by atoms with Crippen LogP contribution in [0.4, 0.5) is 70.2 Å². The van der Waals surface area contributed by atoms with Crippen LogP contribution in [0, 0.1) is 0 Å². The zero-order valence-electron chi connectivity index (χ0n) is 38.9. The van der Waals surface area contributed by atoms with Crippen molar-refractivity contribution in [1.82, 2.24) is 5.32 Å². The van der Waals surface area contributed by atoms with E-state index < -0.39 is 154 Å². The molecule has 0 spiro atoms. The van der Waals surface area contributed by atoms with Crippen molar-refractivity contribution in [3.63, 3.8) is 0 Å². The first kappa shape index (κ1) is 59.9. The lowest BCUT2D eigenvalue weighted by Crippen LogP contribution is -2.75. The zero-order valence-corrected chi connectivity index (χ0v) is 38.9. The normalized spacial score (nSPS) is 19.5. The van der Waals surface area contributed by atoms with Gasteiger partial charge in [-0.25, -0.2) is 0 Å². The quantitative estimate of drug-likeness (QED) is 0.0233. The van der Waals surface area contributed by atoms with Crippen LogP contribution in [0.2, 0.25) is 0 Å². The summed E-state index contributed by atoms with van der Waals surface area (Å²) in [6, 6.07) is 14.1. The zero-order chi connectivity index (χ0) is 56.5. The van der Waals surface area contributed by atoms with Gasteiger partial charge in [-0.05, 0) is 37.9 Å². The summed E-state index contributed by atoms with van der Waals surface area (Å²) in [5.74, 6) is -69.5. The molecule has 5 rings (SSSR count). The van der Waals surface area contributed by atoms with Gasteiger partial charge in [-0.3, -0.25) is 24.0 Å². The van der Waals surface area contributed by atoms with Gasteiger partial charge in [-0.2, -0.15) is 70.2 Å². The lowest BCUT2D eigenvalue weighted by atomic mass is 9.88. The molecule has 0 aliphatic carbocycles. The average Bonchev–Trinajstić information content (AvgIpc) is 3.30. The Balaban J connectivity index is 1.21. The molecule has 30 heteroatoms. The molecular formula is C45H41F16NO13. The average molecular weight is 1110 g/mol. The number of esters is 4. The van der Waals surface area contributed by atoms with Gasteiger partial charge in [0, 0.05) is 34.2 Å². The first-order chi connectivity index (χ1) is 34.5. The molecule has 1 saturated heterocycles. The SMILES string of the molecule is CC(=O)OC[C@H]1O[C@H](OCCNC(=O)COCC(F)(F)C(F)(F)C(F)(F)C(F)(F)C(F)(F)C(F)(F)C(F)(F)C(F)(F)COCc2ccc3ccc4cccc5ccc2c3c45)[C@@H](OC(C)=O)[C@@H](OC(C)=O)[C@@H]1OC(C)=O. The first-order valence-corrected chi connectivity index (χ1v) is 21.5. The molecule has 1 heterocycles. The van der Waals surface area contributed by atoms with Crippen LogP contribution in [0.15, 0.2) is 54.6 Å². The van der Waals surface area contributed by atoms with Crippen LogP contribution in [-0.4, -0.2) is 147 Å². The highest BCUT2D eigenvalue weighted by molar-refractivity contribution is 6.23.